The van der Waals surface area contributed by atoms with Gasteiger partial charge in [-0.25, -0.2) is 15.0 Å². The maximum Gasteiger partial charge on any atom is 0.237 e. The zero-order valence-electron chi connectivity index (χ0n) is 20.3. The van der Waals surface area contributed by atoms with Gasteiger partial charge in [-0.15, -0.1) is 0 Å². The van der Waals surface area contributed by atoms with Crippen LogP contribution >= 0.6 is 0 Å². The third-order valence-corrected chi connectivity index (χ3v) is 6.64. The second-order valence-electron chi connectivity index (χ2n) is 9.09. The molecule has 10 heteroatoms. The Labute approximate surface area is 210 Å². The number of benzene rings is 1. The summed E-state index contributed by atoms with van der Waals surface area (Å²) in [6.45, 7) is 7.45. The van der Waals surface area contributed by atoms with Crippen molar-refractivity contribution in [3.05, 3.63) is 53.5 Å². The second-order valence-corrected chi connectivity index (χ2v) is 9.09. The highest BCUT2D eigenvalue weighted by molar-refractivity contribution is 5.70. The van der Waals surface area contributed by atoms with Gasteiger partial charge in [0.25, 0.3) is 0 Å². The summed E-state index contributed by atoms with van der Waals surface area (Å²) in [5.74, 6) is 2.04. The fourth-order valence-electron chi connectivity index (χ4n) is 4.68. The number of fused-ring (bicyclic) bond motifs is 2. The molecule has 6 rings (SSSR count). The van der Waals surface area contributed by atoms with Crippen LogP contribution in [0.5, 0.6) is 11.6 Å². The molecule has 1 fully saturated rings. The molecule has 3 aliphatic rings. The molecule has 0 radical (unpaired) electrons. The van der Waals surface area contributed by atoms with E-state index in [1.54, 1.807) is 0 Å². The minimum absolute atomic E-state index is 0.0227. The molecule has 2 N–H and O–H groups in total. The molecule has 1 saturated heterocycles. The smallest absolute Gasteiger partial charge is 0.237 e. The van der Waals surface area contributed by atoms with Crippen LogP contribution in [0.15, 0.2) is 36.7 Å². The van der Waals surface area contributed by atoms with E-state index in [1.165, 1.54) is 5.56 Å². The number of hydrogen-bond acceptors (Lipinski definition) is 10. The summed E-state index contributed by atoms with van der Waals surface area (Å²) in [5.41, 5.74) is 6.34. The van der Waals surface area contributed by atoms with Gasteiger partial charge in [-0.1, -0.05) is 0 Å². The molecule has 1 unspecified atom stereocenters. The van der Waals surface area contributed by atoms with Gasteiger partial charge < -0.3 is 34.5 Å². The normalized spacial score (nSPS) is 18.9. The van der Waals surface area contributed by atoms with Crippen LogP contribution in [-0.4, -0.2) is 67.2 Å². The molecular weight excluding hydrogens is 460 g/mol. The lowest BCUT2D eigenvalue weighted by Crippen LogP contribution is -2.33. The topological polar surface area (TPSA) is 103 Å². The summed E-state index contributed by atoms with van der Waals surface area (Å²) >= 11 is 0. The van der Waals surface area contributed by atoms with Crippen molar-refractivity contribution in [3.8, 4) is 11.6 Å². The van der Waals surface area contributed by atoms with Crippen molar-refractivity contribution in [2.24, 2.45) is 0 Å². The molecule has 0 amide bonds. The molecule has 10 nitrogen and oxygen atoms in total. The van der Waals surface area contributed by atoms with Gasteiger partial charge in [0.05, 0.1) is 43.9 Å². The molecule has 3 aliphatic heterocycles. The Hall–Kier alpha value is -3.63. The first-order valence-electron chi connectivity index (χ1n) is 12.4. The van der Waals surface area contributed by atoms with Gasteiger partial charge in [0.2, 0.25) is 11.8 Å². The van der Waals surface area contributed by atoms with Gasteiger partial charge in [0.15, 0.2) is 0 Å². The van der Waals surface area contributed by atoms with Crippen LogP contribution < -0.4 is 25.0 Å². The second kappa shape index (κ2) is 10.2. The molecule has 0 saturated carbocycles. The van der Waals surface area contributed by atoms with E-state index in [0.29, 0.717) is 51.4 Å². The average molecular weight is 491 g/mol. The summed E-state index contributed by atoms with van der Waals surface area (Å²) in [5, 5.41) is 6.74. The molecule has 0 aliphatic carbocycles. The SMILES string of the molecule is Cc1c(N2CCc3cnc(Nc4ccc(OCC5COCCO5)cc4)nc3C2)cnc2c1NCCO2. The number of rotatable bonds is 6. The number of ether oxygens (including phenoxy) is 4. The molecular formula is C26H30N6O4. The van der Waals surface area contributed by atoms with E-state index >= 15 is 0 Å². The molecule has 1 atom stereocenters. The third-order valence-electron chi connectivity index (χ3n) is 6.64. The highest BCUT2D eigenvalue weighted by atomic mass is 16.6. The number of hydrogen-bond donors (Lipinski definition) is 2. The summed E-state index contributed by atoms with van der Waals surface area (Å²) in [6, 6.07) is 7.77. The average Bonchev–Trinajstić information content (AvgIpc) is 2.93. The largest absolute Gasteiger partial charge is 0.491 e. The van der Waals surface area contributed by atoms with E-state index in [-0.39, 0.29) is 6.10 Å². The molecule has 1 aromatic carbocycles. The maximum atomic E-state index is 5.84. The fourth-order valence-corrected chi connectivity index (χ4v) is 4.68. The van der Waals surface area contributed by atoms with Crippen molar-refractivity contribution in [2.75, 3.05) is 61.7 Å². The first-order chi connectivity index (χ1) is 17.7. The van der Waals surface area contributed by atoms with Crippen LogP contribution in [-0.2, 0) is 22.4 Å². The highest BCUT2D eigenvalue weighted by Gasteiger charge is 2.24. The Bertz CT molecular complexity index is 1220. The van der Waals surface area contributed by atoms with Gasteiger partial charge in [0.1, 0.15) is 30.8 Å². The van der Waals surface area contributed by atoms with Gasteiger partial charge in [-0.3, -0.25) is 0 Å². The minimum atomic E-state index is -0.0227. The molecule has 36 heavy (non-hydrogen) atoms. The Morgan fingerprint density at radius 1 is 1.14 bits per heavy atom. The number of aromatic nitrogens is 3. The molecule has 3 aromatic rings. The van der Waals surface area contributed by atoms with Crippen LogP contribution in [0.3, 0.4) is 0 Å². The molecule has 188 valence electrons. The minimum Gasteiger partial charge on any atom is -0.491 e. The predicted molar refractivity (Wildman–Crippen MR) is 136 cm³/mol. The quantitative estimate of drug-likeness (QED) is 0.536. The predicted octanol–water partition coefficient (Wildman–Crippen LogP) is 3.08. The molecule has 0 bridgehead atoms. The third kappa shape index (κ3) is 4.87. The van der Waals surface area contributed by atoms with Crippen LogP contribution in [0.2, 0.25) is 0 Å². The van der Waals surface area contributed by atoms with Gasteiger partial charge in [-0.05, 0) is 43.2 Å². The number of nitrogens with zero attached hydrogens (tertiary/aromatic N) is 4. The van der Waals surface area contributed by atoms with Gasteiger partial charge in [-0.2, -0.15) is 0 Å². The summed E-state index contributed by atoms with van der Waals surface area (Å²) in [6.07, 6.45) is 4.70. The van der Waals surface area contributed by atoms with Crippen molar-refractivity contribution >= 4 is 23.0 Å². The van der Waals surface area contributed by atoms with E-state index in [2.05, 4.69) is 32.4 Å². The van der Waals surface area contributed by atoms with Crippen molar-refractivity contribution in [1.29, 1.82) is 0 Å². The van der Waals surface area contributed by atoms with Crippen molar-refractivity contribution in [1.82, 2.24) is 15.0 Å². The Morgan fingerprint density at radius 3 is 2.92 bits per heavy atom. The zero-order valence-corrected chi connectivity index (χ0v) is 20.3. The van der Waals surface area contributed by atoms with Crippen LogP contribution in [0.4, 0.5) is 23.0 Å². The maximum absolute atomic E-state index is 5.84. The van der Waals surface area contributed by atoms with Crippen LogP contribution in [0.25, 0.3) is 0 Å². The van der Waals surface area contributed by atoms with E-state index in [1.807, 2.05) is 36.7 Å². The Kier molecular flexibility index (Phi) is 6.44. The number of nitrogens with one attached hydrogen (secondary N) is 2. The van der Waals surface area contributed by atoms with Crippen LogP contribution in [0, 0.1) is 6.92 Å². The Balaban J connectivity index is 1.11. The monoisotopic (exact) mass is 490 g/mol. The van der Waals surface area contributed by atoms with Gasteiger partial charge in [0, 0.05) is 30.5 Å². The summed E-state index contributed by atoms with van der Waals surface area (Å²) < 4.78 is 22.6. The number of anilines is 4. The lowest BCUT2D eigenvalue weighted by molar-refractivity contribution is -0.101. The van der Waals surface area contributed by atoms with Crippen LogP contribution in [0.1, 0.15) is 16.8 Å². The van der Waals surface area contributed by atoms with Gasteiger partial charge >= 0.3 is 0 Å². The van der Waals surface area contributed by atoms with Crippen molar-refractivity contribution in [3.63, 3.8) is 0 Å². The lowest BCUT2D eigenvalue weighted by Gasteiger charge is -2.32. The summed E-state index contributed by atoms with van der Waals surface area (Å²) in [7, 11) is 0. The first-order valence-corrected chi connectivity index (χ1v) is 12.4. The van der Waals surface area contributed by atoms with E-state index < -0.39 is 0 Å². The lowest BCUT2D eigenvalue weighted by atomic mass is 10.0. The van der Waals surface area contributed by atoms with Crippen molar-refractivity contribution in [2.45, 2.75) is 26.0 Å². The first kappa shape index (κ1) is 22.8. The standard InChI is InChI=1S/C26H30N6O4/c1-17-23(13-28-25-24(17)27-7-9-35-25)32-8-6-18-12-29-26(31-22(18)14-32)30-19-2-4-20(5-3-19)36-16-21-15-33-10-11-34-21/h2-5,12-13,21,27H,6-11,14-16H2,1H3,(H,29,30,31). The van der Waals surface area contributed by atoms with E-state index in [9.17, 15) is 0 Å². The van der Waals surface area contributed by atoms with Crippen molar-refractivity contribution < 1.29 is 18.9 Å². The summed E-state index contributed by atoms with van der Waals surface area (Å²) in [4.78, 5) is 16.2. The molecule has 5 heterocycles. The molecule has 2 aromatic heterocycles. The fraction of sp³-hybridized carbons (Fsp3) is 0.423. The van der Waals surface area contributed by atoms with E-state index in [4.69, 9.17) is 23.9 Å². The zero-order chi connectivity index (χ0) is 24.3. The highest BCUT2D eigenvalue weighted by Crippen LogP contribution is 2.36. The number of pyridine rings is 1. The molecule has 0 spiro atoms. The van der Waals surface area contributed by atoms with E-state index in [0.717, 1.165) is 53.6 Å². The Morgan fingerprint density at radius 2 is 2.06 bits per heavy atom.